The largest absolute Gasteiger partial charge is 0.339 e. The Morgan fingerprint density at radius 2 is 1.60 bits per heavy atom. The number of amides is 3. The van der Waals surface area contributed by atoms with Gasteiger partial charge in [0.15, 0.2) is 0 Å². The van der Waals surface area contributed by atoms with Crippen LogP contribution in [-0.4, -0.2) is 80.0 Å². The van der Waals surface area contributed by atoms with Gasteiger partial charge in [0.1, 0.15) is 0 Å². The van der Waals surface area contributed by atoms with Gasteiger partial charge >= 0.3 is 6.03 Å². The molecule has 2 saturated heterocycles. The van der Waals surface area contributed by atoms with Crippen LogP contribution in [-0.2, 0) is 4.79 Å². The number of piperidine rings is 1. The smallest absolute Gasteiger partial charge is 0.319 e. The second-order valence-electron chi connectivity index (χ2n) is 5.94. The number of urea groups is 1. The lowest BCUT2D eigenvalue weighted by molar-refractivity contribution is -0.133. The van der Waals surface area contributed by atoms with E-state index in [-0.39, 0.29) is 11.9 Å². The quantitative estimate of drug-likeness (QED) is 0.787. The van der Waals surface area contributed by atoms with Crippen molar-refractivity contribution in [3.05, 3.63) is 0 Å². The molecular formula is C14H26N4O2. The summed E-state index contributed by atoms with van der Waals surface area (Å²) in [6.07, 6.45) is 2.87. The molecule has 2 heterocycles. The maximum atomic E-state index is 12.3. The van der Waals surface area contributed by atoms with Gasteiger partial charge in [0.25, 0.3) is 0 Å². The van der Waals surface area contributed by atoms with Crippen molar-refractivity contribution in [1.82, 2.24) is 20.0 Å². The van der Waals surface area contributed by atoms with E-state index in [1.165, 1.54) is 0 Å². The summed E-state index contributed by atoms with van der Waals surface area (Å²) in [7, 11) is 3.52. The molecule has 0 aliphatic carbocycles. The first-order valence-corrected chi connectivity index (χ1v) is 7.52. The molecule has 6 heteroatoms. The highest BCUT2D eigenvalue weighted by Crippen LogP contribution is 2.18. The molecule has 1 N–H and O–H groups in total. The summed E-state index contributed by atoms with van der Waals surface area (Å²) < 4.78 is 0. The minimum atomic E-state index is 0.0375. The van der Waals surface area contributed by atoms with Crippen molar-refractivity contribution in [3.8, 4) is 0 Å². The molecule has 0 unspecified atom stereocenters. The topological polar surface area (TPSA) is 55.9 Å². The highest BCUT2D eigenvalue weighted by atomic mass is 16.2. The molecule has 3 amide bonds. The van der Waals surface area contributed by atoms with E-state index in [4.69, 9.17) is 0 Å². The summed E-state index contributed by atoms with van der Waals surface area (Å²) in [6, 6.07) is 0.0375. The molecule has 114 valence electrons. The Balaban J connectivity index is 1.75. The summed E-state index contributed by atoms with van der Waals surface area (Å²) in [5.74, 6) is 0.791. The molecule has 0 aromatic rings. The third-order valence-electron chi connectivity index (χ3n) is 4.21. The Labute approximate surface area is 121 Å². The summed E-state index contributed by atoms with van der Waals surface area (Å²) >= 11 is 0. The molecule has 2 fully saturated rings. The summed E-state index contributed by atoms with van der Waals surface area (Å²) in [4.78, 5) is 29.4. The zero-order valence-electron chi connectivity index (χ0n) is 12.6. The van der Waals surface area contributed by atoms with Gasteiger partial charge in [-0.05, 0) is 31.8 Å². The molecule has 2 rings (SSSR count). The monoisotopic (exact) mass is 282 g/mol. The predicted octanol–water partition coefficient (Wildman–Crippen LogP) is 0.202. The number of carbonyl (C=O) groups is 2. The van der Waals surface area contributed by atoms with Gasteiger partial charge in [0.05, 0.1) is 0 Å². The fourth-order valence-electron chi connectivity index (χ4n) is 2.89. The van der Waals surface area contributed by atoms with Crippen LogP contribution in [0.5, 0.6) is 0 Å². The van der Waals surface area contributed by atoms with Crippen molar-refractivity contribution in [3.63, 3.8) is 0 Å². The molecule has 6 nitrogen and oxygen atoms in total. The van der Waals surface area contributed by atoms with Gasteiger partial charge in [-0.25, -0.2) is 4.79 Å². The lowest BCUT2D eigenvalue weighted by atomic mass is 9.94. The van der Waals surface area contributed by atoms with E-state index in [0.29, 0.717) is 38.5 Å². The molecule has 2 aliphatic heterocycles. The lowest BCUT2D eigenvalue weighted by Crippen LogP contribution is -2.53. The van der Waals surface area contributed by atoms with E-state index in [1.54, 1.807) is 19.0 Å². The number of nitrogens with zero attached hydrogens (tertiary/aromatic N) is 3. The number of carbonyl (C=O) groups excluding carboxylic acids is 2. The minimum Gasteiger partial charge on any atom is -0.339 e. The number of rotatable bonds is 2. The normalized spacial score (nSPS) is 20.9. The number of hydrogen-bond acceptors (Lipinski definition) is 3. The number of hydrogen-bond donors (Lipinski definition) is 1. The van der Waals surface area contributed by atoms with Gasteiger partial charge in [-0.3, -0.25) is 4.79 Å². The van der Waals surface area contributed by atoms with Crippen molar-refractivity contribution in [2.24, 2.45) is 5.92 Å². The van der Waals surface area contributed by atoms with Crippen LogP contribution in [0, 0.1) is 5.92 Å². The highest BCUT2D eigenvalue weighted by Gasteiger charge is 2.26. The lowest BCUT2D eigenvalue weighted by Gasteiger charge is -2.36. The van der Waals surface area contributed by atoms with E-state index in [1.807, 2.05) is 9.80 Å². The van der Waals surface area contributed by atoms with Gasteiger partial charge in [0, 0.05) is 46.7 Å². The predicted molar refractivity (Wildman–Crippen MR) is 77.4 cm³/mol. The first-order valence-electron chi connectivity index (χ1n) is 7.52. The van der Waals surface area contributed by atoms with Gasteiger partial charge < -0.3 is 20.0 Å². The van der Waals surface area contributed by atoms with E-state index in [0.717, 1.165) is 25.9 Å². The Kier molecular flexibility index (Phi) is 5.23. The maximum absolute atomic E-state index is 12.3. The Bertz CT molecular complexity index is 345. The van der Waals surface area contributed by atoms with E-state index in [9.17, 15) is 9.59 Å². The van der Waals surface area contributed by atoms with Gasteiger partial charge in [-0.15, -0.1) is 0 Å². The van der Waals surface area contributed by atoms with Crippen LogP contribution in [0.15, 0.2) is 0 Å². The van der Waals surface area contributed by atoms with Crippen molar-refractivity contribution in [2.45, 2.75) is 19.3 Å². The Hall–Kier alpha value is -1.30. The van der Waals surface area contributed by atoms with Crippen LogP contribution in [0.4, 0.5) is 4.79 Å². The second kappa shape index (κ2) is 6.92. The van der Waals surface area contributed by atoms with E-state index in [2.05, 4.69) is 5.32 Å². The fourth-order valence-corrected chi connectivity index (χ4v) is 2.89. The van der Waals surface area contributed by atoms with Crippen LogP contribution in [0.25, 0.3) is 0 Å². The van der Waals surface area contributed by atoms with Crippen LogP contribution in [0.2, 0.25) is 0 Å². The van der Waals surface area contributed by atoms with Crippen molar-refractivity contribution in [2.75, 3.05) is 53.4 Å². The van der Waals surface area contributed by atoms with Gasteiger partial charge in [-0.2, -0.15) is 0 Å². The van der Waals surface area contributed by atoms with Gasteiger partial charge in [0.2, 0.25) is 5.91 Å². The first-order chi connectivity index (χ1) is 9.58. The summed E-state index contributed by atoms with van der Waals surface area (Å²) in [5, 5.41) is 3.32. The van der Waals surface area contributed by atoms with Gasteiger partial charge in [-0.1, -0.05) is 0 Å². The zero-order valence-corrected chi connectivity index (χ0v) is 12.6. The third-order valence-corrected chi connectivity index (χ3v) is 4.21. The molecule has 0 saturated carbocycles. The summed E-state index contributed by atoms with van der Waals surface area (Å²) in [5.41, 5.74) is 0. The fraction of sp³-hybridized carbons (Fsp3) is 0.857. The second-order valence-corrected chi connectivity index (χ2v) is 5.94. The SMILES string of the molecule is CN(C)C(=O)N1CCN(C(=O)CC2CCNCC2)CC1. The Morgan fingerprint density at radius 3 is 2.15 bits per heavy atom. The average molecular weight is 282 g/mol. The van der Waals surface area contributed by atoms with E-state index >= 15 is 0 Å². The van der Waals surface area contributed by atoms with E-state index < -0.39 is 0 Å². The van der Waals surface area contributed by atoms with Crippen LogP contribution >= 0.6 is 0 Å². The van der Waals surface area contributed by atoms with Crippen molar-refractivity contribution >= 4 is 11.9 Å². The molecule has 0 aromatic heterocycles. The molecule has 0 aromatic carbocycles. The molecule has 0 spiro atoms. The van der Waals surface area contributed by atoms with Crippen LogP contribution in [0.1, 0.15) is 19.3 Å². The zero-order chi connectivity index (χ0) is 14.5. The standard InChI is InChI=1S/C14H26N4O2/c1-16(2)14(20)18-9-7-17(8-10-18)13(19)11-12-3-5-15-6-4-12/h12,15H,3-11H2,1-2H3. The first kappa shape index (κ1) is 15.1. The number of piperazine rings is 1. The average Bonchev–Trinajstić information content (AvgIpc) is 2.47. The molecular weight excluding hydrogens is 256 g/mol. The molecule has 0 radical (unpaired) electrons. The summed E-state index contributed by atoms with van der Waals surface area (Å²) in [6.45, 7) is 4.70. The number of nitrogens with one attached hydrogen (secondary N) is 1. The minimum absolute atomic E-state index is 0.0375. The molecule has 2 aliphatic rings. The van der Waals surface area contributed by atoms with Crippen molar-refractivity contribution < 1.29 is 9.59 Å². The molecule has 20 heavy (non-hydrogen) atoms. The Morgan fingerprint density at radius 1 is 1.05 bits per heavy atom. The molecule has 0 atom stereocenters. The molecule has 0 bridgehead atoms. The highest BCUT2D eigenvalue weighted by molar-refractivity contribution is 5.77. The van der Waals surface area contributed by atoms with Crippen LogP contribution in [0.3, 0.4) is 0 Å². The third kappa shape index (κ3) is 3.85. The maximum Gasteiger partial charge on any atom is 0.319 e. The van der Waals surface area contributed by atoms with Crippen LogP contribution < -0.4 is 5.32 Å². The van der Waals surface area contributed by atoms with Crippen molar-refractivity contribution in [1.29, 1.82) is 0 Å².